The van der Waals surface area contributed by atoms with Crippen LogP contribution in [-0.2, 0) is 4.74 Å². The van der Waals surface area contributed by atoms with Crippen molar-refractivity contribution in [2.75, 3.05) is 46.9 Å². The minimum Gasteiger partial charge on any atom is -0.378 e. The molecule has 0 unspecified atom stereocenters. The number of nitrogens with one attached hydrogen (secondary N) is 2. The Labute approximate surface area is 92.0 Å². The molecule has 0 bridgehead atoms. The molecule has 0 aliphatic carbocycles. The molecule has 0 spiro atoms. The minimum absolute atomic E-state index is 0.694. The molecule has 0 fully saturated rings. The summed E-state index contributed by atoms with van der Waals surface area (Å²) in [5.74, 6) is 0. The Morgan fingerprint density at radius 2 is 2.00 bits per heavy atom. The Bertz CT molecular complexity index is 153. The lowest BCUT2D eigenvalue weighted by molar-refractivity contribution is 0.122. The van der Waals surface area contributed by atoms with E-state index in [9.17, 15) is 0 Å². The minimum atomic E-state index is 0.694. The number of thiocarbonyl (C=S) groups is 1. The van der Waals surface area contributed by atoms with Crippen LogP contribution >= 0.6 is 12.2 Å². The van der Waals surface area contributed by atoms with E-state index in [0.717, 1.165) is 26.2 Å². The van der Waals surface area contributed by atoms with Gasteiger partial charge in [0.25, 0.3) is 0 Å². The maximum Gasteiger partial charge on any atom is 0.166 e. The van der Waals surface area contributed by atoms with Crippen molar-refractivity contribution in [3.8, 4) is 0 Å². The largest absolute Gasteiger partial charge is 0.378 e. The number of rotatable bonds is 7. The molecule has 0 saturated carbocycles. The molecule has 84 valence electrons. The second-order valence-corrected chi connectivity index (χ2v) is 3.61. The van der Waals surface area contributed by atoms with Crippen molar-refractivity contribution in [2.45, 2.75) is 6.92 Å². The van der Waals surface area contributed by atoms with Crippen LogP contribution in [0.5, 0.6) is 0 Å². The van der Waals surface area contributed by atoms with Gasteiger partial charge in [-0.25, -0.2) is 0 Å². The molecule has 0 aliphatic rings. The summed E-state index contributed by atoms with van der Waals surface area (Å²) >= 11 is 4.99. The maximum absolute atomic E-state index is 5.38. The van der Waals surface area contributed by atoms with Crippen LogP contribution in [0, 0.1) is 0 Å². The van der Waals surface area contributed by atoms with Gasteiger partial charge in [0.15, 0.2) is 5.11 Å². The fourth-order valence-corrected chi connectivity index (χ4v) is 1.06. The number of likely N-dealkylation sites (N-methyl/N-ethyl adjacent to an activating group) is 1. The molecule has 14 heavy (non-hydrogen) atoms. The van der Waals surface area contributed by atoms with E-state index in [-0.39, 0.29) is 0 Å². The third-order valence-electron chi connectivity index (χ3n) is 1.55. The van der Waals surface area contributed by atoms with Gasteiger partial charge in [-0.05, 0) is 33.2 Å². The monoisotopic (exact) mass is 219 g/mol. The molecule has 0 aromatic rings. The van der Waals surface area contributed by atoms with Gasteiger partial charge in [0.05, 0.1) is 13.2 Å². The van der Waals surface area contributed by atoms with Gasteiger partial charge in [-0.1, -0.05) is 0 Å². The van der Waals surface area contributed by atoms with E-state index >= 15 is 0 Å². The van der Waals surface area contributed by atoms with Crippen molar-refractivity contribution in [2.24, 2.45) is 0 Å². The number of hydrogen-bond donors (Lipinski definition) is 2. The molecule has 0 aliphatic heterocycles. The van der Waals surface area contributed by atoms with Gasteiger partial charge >= 0.3 is 0 Å². The first-order chi connectivity index (χ1) is 6.66. The molecular formula is C9H21N3OS. The lowest BCUT2D eigenvalue weighted by Gasteiger charge is -2.11. The number of hydrogen-bond acceptors (Lipinski definition) is 3. The van der Waals surface area contributed by atoms with Gasteiger partial charge in [0, 0.05) is 19.6 Å². The Kier molecular flexibility index (Phi) is 8.92. The zero-order valence-electron chi connectivity index (χ0n) is 9.30. The average Bonchev–Trinajstić information content (AvgIpc) is 2.11. The summed E-state index contributed by atoms with van der Waals surface area (Å²) in [4.78, 5) is 2.09. The highest BCUT2D eigenvalue weighted by Crippen LogP contribution is 1.77. The zero-order chi connectivity index (χ0) is 10.8. The van der Waals surface area contributed by atoms with Gasteiger partial charge in [-0.15, -0.1) is 0 Å². The molecule has 0 aromatic carbocycles. The molecule has 4 nitrogen and oxygen atoms in total. The Hall–Kier alpha value is -0.390. The highest BCUT2D eigenvalue weighted by atomic mass is 32.1. The smallest absolute Gasteiger partial charge is 0.166 e. The molecule has 0 atom stereocenters. The molecule has 0 radical (unpaired) electrons. The number of ether oxygens (including phenoxy) is 1. The van der Waals surface area contributed by atoms with E-state index in [2.05, 4.69) is 15.5 Å². The molecule has 0 saturated heterocycles. The van der Waals surface area contributed by atoms with Crippen molar-refractivity contribution < 1.29 is 4.74 Å². The van der Waals surface area contributed by atoms with E-state index in [1.807, 2.05) is 21.0 Å². The molecule has 0 heterocycles. The van der Waals surface area contributed by atoms with Crippen molar-refractivity contribution in [1.82, 2.24) is 15.5 Å². The van der Waals surface area contributed by atoms with E-state index < -0.39 is 0 Å². The molecule has 5 heteroatoms. The van der Waals surface area contributed by atoms with Crippen LogP contribution in [0.4, 0.5) is 0 Å². The third-order valence-corrected chi connectivity index (χ3v) is 1.84. The summed E-state index contributed by atoms with van der Waals surface area (Å²) in [6.45, 7) is 6.05. The van der Waals surface area contributed by atoms with Crippen LogP contribution in [0.2, 0.25) is 0 Å². The van der Waals surface area contributed by atoms with Gasteiger partial charge in [0.2, 0.25) is 0 Å². The van der Waals surface area contributed by atoms with Crippen LogP contribution in [0.15, 0.2) is 0 Å². The Morgan fingerprint density at radius 3 is 2.57 bits per heavy atom. The Balaban J connectivity index is 3.09. The maximum atomic E-state index is 5.38. The average molecular weight is 219 g/mol. The molecule has 0 rings (SSSR count). The van der Waals surface area contributed by atoms with Crippen LogP contribution in [0.25, 0.3) is 0 Å². The quantitative estimate of drug-likeness (QED) is 0.467. The van der Waals surface area contributed by atoms with Crippen molar-refractivity contribution in [3.63, 3.8) is 0 Å². The highest BCUT2D eigenvalue weighted by Gasteiger charge is 1.93. The van der Waals surface area contributed by atoms with Crippen molar-refractivity contribution in [3.05, 3.63) is 0 Å². The van der Waals surface area contributed by atoms with Crippen LogP contribution in [-0.4, -0.2) is 57.0 Å². The predicted molar refractivity (Wildman–Crippen MR) is 63.7 cm³/mol. The first-order valence-corrected chi connectivity index (χ1v) is 5.31. The summed E-state index contributed by atoms with van der Waals surface area (Å²) in [6, 6.07) is 0. The summed E-state index contributed by atoms with van der Waals surface area (Å²) in [6.07, 6.45) is 0. The van der Waals surface area contributed by atoms with E-state index in [0.29, 0.717) is 11.7 Å². The Morgan fingerprint density at radius 1 is 1.29 bits per heavy atom. The number of nitrogens with zero attached hydrogens (tertiary/aromatic N) is 1. The van der Waals surface area contributed by atoms with Gasteiger partial charge in [0.1, 0.15) is 0 Å². The fraction of sp³-hybridized carbons (Fsp3) is 0.889. The molecular weight excluding hydrogens is 198 g/mol. The van der Waals surface area contributed by atoms with Crippen LogP contribution in [0.3, 0.4) is 0 Å². The SMILES string of the molecule is CCNC(=S)NCCOCCN(C)C. The third kappa shape index (κ3) is 9.70. The second-order valence-electron chi connectivity index (χ2n) is 3.20. The topological polar surface area (TPSA) is 36.5 Å². The van der Waals surface area contributed by atoms with Gasteiger partial charge < -0.3 is 20.3 Å². The van der Waals surface area contributed by atoms with Crippen molar-refractivity contribution >= 4 is 17.3 Å². The molecule has 2 N–H and O–H groups in total. The van der Waals surface area contributed by atoms with E-state index in [1.165, 1.54) is 0 Å². The van der Waals surface area contributed by atoms with Crippen LogP contribution in [0.1, 0.15) is 6.92 Å². The lowest BCUT2D eigenvalue weighted by Crippen LogP contribution is -2.37. The van der Waals surface area contributed by atoms with Gasteiger partial charge in [-0.3, -0.25) is 0 Å². The van der Waals surface area contributed by atoms with E-state index in [4.69, 9.17) is 17.0 Å². The lowest BCUT2D eigenvalue weighted by atomic mass is 10.6. The van der Waals surface area contributed by atoms with Crippen LogP contribution < -0.4 is 10.6 Å². The molecule has 0 aromatic heterocycles. The second kappa shape index (κ2) is 9.18. The standard InChI is InChI=1S/C9H21N3OS/c1-4-10-9(14)11-5-7-13-8-6-12(2)3/h4-8H2,1-3H3,(H2,10,11,14). The van der Waals surface area contributed by atoms with E-state index in [1.54, 1.807) is 0 Å². The molecule has 0 amide bonds. The van der Waals surface area contributed by atoms with Crippen molar-refractivity contribution in [1.29, 1.82) is 0 Å². The first kappa shape index (κ1) is 13.6. The highest BCUT2D eigenvalue weighted by molar-refractivity contribution is 7.80. The van der Waals surface area contributed by atoms with Gasteiger partial charge in [-0.2, -0.15) is 0 Å². The first-order valence-electron chi connectivity index (χ1n) is 4.91. The fourth-order valence-electron chi connectivity index (χ4n) is 0.809. The normalized spacial score (nSPS) is 10.3. The predicted octanol–water partition coefficient (Wildman–Crippen LogP) is 0.0486. The zero-order valence-corrected chi connectivity index (χ0v) is 10.1. The summed E-state index contributed by atoms with van der Waals surface area (Å²) in [5.41, 5.74) is 0. The summed E-state index contributed by atoms with van der Waals surface area (Å²) in [7, 11) is 4.06. The summed E-state index contributed by atoms with van der Waals surface area (Å²) < 4.78 is 5.38. The summed E-state index contributed by atoms with van der Waals surface area (Å²) in [5, 5.41) is 6.76.